The van der Waals surface area contributed by atoms with Gasteiger partial charge in [0, 0.05) is 18.7 Å². The first-order valence-corrected chi connectivity index (χ1v) is 6.95. The Morgan fingerprint density at radius 2 is 2.05 bits per heavy atom. The number of nitrogens with two attached hydrogens (primary N) is 1. The fourth-order valence-electron chi connectivity index (χ4n) is 2.60. The highest BCUT2D eigenvalue weighted by Crippen LogP contribution is 2.24. The van der Waals surface area contributed by atoms with Crippen LogP contribution in [0.1, 0.15) is 37.3 Å². The van der Waals surface area contributed by atoms with Gasteiger partial charge in [-0.3, -0.25) is 0 Å². The summed E-state index contributed by atoms with van der Waals surface area (Å²) in [6.45, 7) is 0.226. The quantitative estimate of drug-likeness (QED) is 0.904. The molecule has 0 saturated heterocycles. The molecule has 0 radical (unpaired) electrons. The molecule has 1 aliphatic rings. The average molecular weight is 285 g/mol. The Labute approximate surface area is 118 Å². The molecule has 0 amide bonds. The lowest BCUT2D eigenvalue weighted by Crippen LogP contribution is -2.30. The van der Waals surface area contributed by atoms with Gasteiger partial charge in [-0.05, 0) is 31.7 Å². The minimum atomic E-state index is -0.625. The summed E-state index contributed by atoms with van der Waals surface area (Å²) in [7, 11) is 1.70. The Morgan fingerprint density at radius 3 is 2.75 bits per heavy atom. The fourth-order valence-corrected chi connectivity index (χ4v) is 2.60. The third kappa shape index (κ3) is 3.98. The maximum absolute atomic E-state index is 13.6. The van der Waals surface area contributed by atoms with E-state index in [0.717, 1.165) is 31.7 Å². The van der Waals surface area contributed by atoms with Gasteiger partial charge in [-0.15, -0.1) is 0 Å². The lowest BCUT2D eigenvalue weighted by atomic mass is 9.95. The van der Waals surface area contributed by atoms with Gasteiger partial charge in [-0.1, -0.05) is 6.07 Å². The van der Waals surface area contributed by atoms with Crippen LogP contribution < -0.4 is 5.73 Å². The molecule has 1 fully saturated rings. The zero-order valence-corrected chi connectivity index (χ0v) is 11.6. The molecule has 2 rings (SSSR count). The van der Waals surface area contributed by atoms with Crippen molar-refractivity contribution in [2.75, 3.05) is 13.7 Å². The number of hydrogen-bond donors (Lipinski definition) is 1. The number of halogens is 2. The van der Waals surface area contributed by atoms with Gasteiger partial charge in [-0.25, -0.2) is 8.78 Å². The van der Waals surface area contributed by atoms with Crippen molar-refractivity contribution in [2.45, 2.75) is 43.9 Å². The van der Waals surface area contributed by atoms with Crippen molar-refractivity contribution < 1.29 is 18.3 Å². The third-order valence-electron chi connectivity index (χ3n) is 3.78. The summed E-state index contributed by atoms with van der Waals surface area (Å²) in [6, 6.07) is 2.84. The van der Waals surface area contributed by atoms with Crippen LogP contribution in [0.3, 0.4) is 0 Å². The van der Waals surface area contributed by atoms with Crippen molar-refractivity contribution >= 4 is 0 Å². The van der Waals surface area contributed by atoms with Crippen molar-refractivity contribution in [3.05, 3.63) is 35.4 Å². The van der Waals surface area contributed by atoms with E-state index in [1.807, 2.05) is 0 Å². The van der Waals surface area contributed by atoms with Crippen LogP contribution in [0.2, 0.25) is 0 Å². The summed E-state index contributed by atoms with van der Waals surface area (Å²) in [6.07, 6.45) is 4.25. The molecule has 3 unspecified atom stereocenters. The number of methoxy groups -OCH3 is 1. The predicted molar refractivity (Wildman–Crippen MR) is 72.3 cm³/mol. The van der Waals surface area contributed by atoms with Crippen LogP contribution in [0.25, 0.3) is 0 Å². The second-order valence-corrected chi connectivity index (χ2v) is 5.25. The zero-order valence-electron chi connectivity index (χ0n) is 11.6. The first-order valence-electron chi connectivity index (χ1n) is 6.95. The van der Waals surface area contributed by atoms with Gasteiger partial charge in [0.1, 0.15) is 11.6 Å². The Balaban J connectivity index is 1.86. The molecule has 2 N–H and O–H groups in total. The van der Waals surface area contributed by atoms with Gasteiger partial charge in [0.05, 0.1) is 24.9 Å². The van der Waals surface area contributed by atoms with E-state index in [1.54, 1.807) is 7.11 Å². The average Bonchev–Trinajstić information content (AvgIpc) is 2.45. The summed E-state index contributed by atoms with van der Waals surface area (Å²) in [5, 5.41) is 0. The van der Waals surface area contributed by atoms with Gasteiger partial charge < -0.3 is 15.2 Å². The second kappa shape index (κ2) is 7.11. The van der Waals surface area contributed by atoms with Gasteiger partial charge in [0.2, 0.25) is 0 Å². The van der Waals surface area contributed by atoms with Crippen LogP contribution in [0.5, 0.6) is 0 Å². The lowest BCUT2D eigenvalue weighted by molar-refractivity contribution is -0.0334. The topological polar surface area (TPSA) is 44.5 Å². The van der Waals surface area contributed by atoms with E-state index in [1.165, 1.54) is 12.1 Å². The molecule has 1 aromatic carbocycles. The highest BCUT2D eigenvalue weighted by Gasteiger charge is 2.23. The molecular weight excluding hydrogens is 264 g/mol. The van der Waals surface area contributed by atoms with Gasteiger partial charge >= 0.3 is 0 Å². The molecule has 1 saturated carbocycles. The lowest BCUT2D eigenvalue weighted by Gasteiger charge is -2.29. The van der Waals surface area contributed by atoms with E-state index in [0.29, 0.717) is 0 Å². The second-order valence-electron chi connectivity index (χ2n) is 5.25. The molecule has 112 valence electrons. The normalized spacial score (nSPS) is 24.6. The van der Waals surface area contributed by atoms with Crippen molar-refractivity contribution in [3.8, 4) is 0 Å². The zero-order chi connectivity index (χ0) is 14.5. The Bertz CT molecular complexity index is 442. The van der Waals surface area contributed by atoms with Gasteiger partial charge in [-0.2, -0.15) is 0 Å². The van der Waals surface area contributed by atoms with Crippen LogP contribution in [0, 0.1) is 11.6 Å². The van der Waals surface area contributed by atoms with E-state index >= 15 is 0 Å². The maximum Gasteiger partial charge on any atom is 0.130 e. The molecular formula is C15H21F2NO2. The number of benzene rings is 1. The first kappa shape index (κ1) is 15.4. The summed E-state index contributed by atoms with van der Waals surface area (Å²) < 4.78 is 37.5. The molecule has 0 aliphatic heterocycles. The van der Waals surface area contributed by atoms with Gasteiger partial charge in [0.15, 0.2) is 0 Å². The number of rotatable bonds is 5. The summed E-state index contributed by atoms with van der Waals surface area (Å²) in [4.78, 5) is 0. The van der Waals surface area contributed by atoms with E-state index in [2.05, 4.69) is 0 Å². The molecule has 1 aromatic rings. The van der Waals surface area contributed by atoms with Crippen LogP contribution in [0.4, 0.5) is 8.78 Å². The van der Waals surface area contributed by atoms with Crippen LogP contribution in [0.15, 0.2) is 18.2 Å². The summed E-state index contributed by atoms with van der Waals surface area (Å²) >= 11 is 0. The fraction of sp³-hybridized carbons (Fsp3) is 0.600. The monoisotopic (exact) mass is 285 g/mol. The smallest absolute Gasteiger partial charge is 0.130 e. The largest absolute Gasteiger partial charge is 0.381 e. The molecule has 1 aliphatic carbocycles. The molecule has 0 aromatic heterocycles. The number of ether oxygens (including phenoxy) is 2. The minimum Gasteiger partial charge on any atom is -0.381 e. The summed E-state index contributed by atoms with van der Waals surface area (Å²) in [5.41, 5.74) is 6.19. The third-order valence-corrected chi connectivity index (χ3v) is 3.78. The summed E-state index contributed by atoms with van der Waals surface area (Å²) in [5.74, 6) is -1.23. The maximum atomic E-state index is 13.6. The molecule has 5 heteroatoms. The molecule has 0 bridgehead atoms. The molecule has 0 heterocycles. The van der Waals surface area contributed by atoms with Crippen molar-refractivity contribution in [1.82, 2.24) is 0 Å². The minimum absolute atomic E-state index is 0.100. The van der Waals surface area contributed by atoms with E-state index in [4.69, 9.17) is 15.2 Å². The van der Waals surface area contributed by atoms with E-state index in [9.17, 15) is 8.78 Å². The SMILES string of the molecule is COC1CCCC(OCC(N)c2ccc(F)cc2F)C1. The Hall–Kier alpha value is -1.04. The van der Waals surface area contributed by atoms with E-state index in [-0.39, 0.29) is 24.4 Å². The van der Waals surface area contributed by atoms with Crippen molar-refractivity contribution in [2.24, 2.45) is 5.73 Å². The molecule has 3 nitrogen and oxygen atoms in total. The standard InChI is InChI=1S/C15H21F2NO2/c1-19-11-3-2-4-12(8-11)20-9-15(18)13-6-5-10(16)7-14(13)17/h5-7,11-12,15H,2-4,8-9,18H2,1H3. The molecule has 0 spiro atoms. The molecule has 20 heavy (non-hydrogen) atoms. The Kier molecular flexibility index (Phi) is 5.46. The van der Waals surface area contributed by atoms with E-state index < -0.39 is 17.7 Å². The first-order chi connectivity index (χ1) is 9.60. The highest BCUT2D eigenvalue weighted by molar-refractivity contribution is 5.21. The Morgan fingerprint density at radius 1 is 1.30 bits per heavy atom. The van der Waals surface area contributed by atoms with Crippen molar-refractivity contribution in [1.29, 1.82) is 0 Å². The van der Waals surface area contributed by atoms with Crippen molar-refractivity contribution in [3.63, 3.8) is 0 Å². The predicted octanol–water partition coefficient (Wildman–Crippen LogP) is 2.94. The van der Waals surface area contributed by atoms with Crippen LogP contribution in [-0.4, -0.2) is 25.9 Å². The highest BCUT2D eigenvalue weighted by atomic mass is 19.1. The number of hydrogen-bond acceptors (Lipinski definition) is 3. The van der Waals surface area contributed by atoms with Crippen LogP contribution in [-0.2, 0) is 9.47 Å². The van der Waals surface area contributed by atoms with Gasteiger partial charge in [0.25, 0.3) is 0 Å². The van der Waals surface area contributed by atoms with Crippen LogP contribution >= 0.6 is 0 Å². The molecule has 3 atom stereocenters.